The molecule has 2 fully saturated rings. The van der Waals surface area contributed by atoms with E-state index in [-0.39, 0.29) is 18.0 Å². The van der Waals surface area contributed by atoms with Gasteiger partial charge in [0, 0.05) is 30.1 Å². The number of cyclic esters (lactones) is 1. The van der Waals surface area contributed by atoms with Gasteiger partial charge in [-0.05, 0) is 41.7 Å². The van der Waals surface area contributed by atoms with Crippen LogP contribution in [0.25, 0.3) is 10.9 Å². The molecule has 0 spiro atoms. The molecule has 2 aromatic carbocycles. The maximum absolute atomic E-state index is 13.3. The number of esters is 1. The van der Waals surface area contributed by atoms with Gasteiger partial charge in [0.15, 0.2) is 23.6 Å². The molecule has 3 aromatic rings. The van der Waals surface area contributed by atoms with Crippen LogP contribution < -0.4 is 0 Å². The largest absolute Gasteiger partial charge is 0.453 e. The zero-order chi connectivity index (χ0) is 23.7. The molecular formula is C28H28FNO4. The van der Waals surface area contributed by atoms with Crippen LogP contribution in [0.5, 0.6) is 0 Å². The molecule has 0 bridgehead atoms. The lowest BCUT2D eigenvalue weighted by Crippen LogP contribution is -2.30. The number of hydrogen-bond acceptors (Lipinski definition) is 4. The molecule has 0 N–H and O–H groups in total. The van der Waals surface area contributed by atoms with Crippen molar-refractivity contribution in [2.75, 3.05) is 0 Å². The minimum atomic E-state index is -1.33. The summed E-state index contributed by atoms with van der Waals surface area (Å²) in [6, 6.07) is 14.0. The Morgan fingerprint density at radius 3 is 2.50 bits per heavy atom. The summed E-state index contributed by atoms with van der Waals surface area (Å²) in [6.07, 6.45) is 7.21. The Morgan fingerprint density at radius 2 is 1.74 bits per heavy atom. The Bertz CT molecular complexity index is 1220. The number of fused-ring (bicyclic) bond motifs is 1. The topological polar surface area (TPSA) is 65.4 Å². The number of aromatic nitrogens is 1. The fourth-order valence-corrected chi connectivity index (χ4v) is 5.42. The number of nitrogens with zero attached hydrogens (tertiary/aromatic N) is 1. The van der Waals surface area contributed by atoms with Gasteiger partial charge in [-0.1, -0.05) is 62.4 Å². The number of ether oxygens (including phenoxy) is 1. The van der Waals surface area contributed by atoms with E-state index in [1.165, 1.54) is 18.6 Å². The Kier molecular flexibility index (Phi) is 6.31. The minimum Gasteiger partial charge on any atom is -0.453 e. The van der Waals surface area contributed by atoms with Gasteiger partial charge in [-0.2, -0.15) is 0 Å². The normalized spacial score (nSPS) is 21.2. The van der Waals surface area contributed by atoms with Gasteiger partial charge < -0.3 is 9.30 Å². The lowest BCUT2D eigenvalue weighted by Gasteiger charge is -2.23. The summed E-state index contributed by atoms with van der Waals surface area (Å²) in [5, 5.41) is 0.899. The lowest BCUT2D eigenvalue weighted by molar-refractivity contribution is -0.147. The highest BCUT2D eigenvalue weighted by molar-refractivity contribution is 6.22. The van der Waals surface area contributed by atoms with Gasteiger partial charge in [0.05, 0.1) is 0 Å². The standard InChI is InChI=1S/C28H28FNO4/c29-21-12-10-19(11-13-21)16-30-17-20(22-8-4-5-9-23(22)30)15-24(31)26-27(32)25(34-28(26)33)14-18-6-2-1-3-7-18/h4-5,8-13,17-18,25-26H,1-3,6-7,14-16H2. The van der Waals surface area contributed by atoms with Crippen LogP contribution in [0, 0.1) is 17.7 Å². The minimum absolute atomic E-state index is 0.0153. The number of para-hydroxylation sites is 1. The van der Waals surface area contributed by atoms with Crippen LogP contribution >= 0.6 is 0 Å². The van der Waals surface area contributed by atoms with Crippen LogP contribution in [0.4, 0.5) is 4.39 Å². The maximum Gasteiger partial charge on any atom is 0.325 e. The molecule has 1 aliphatic heterocycles. The second-order valence-electron chi connectivity index (χ2n) is 9.57. The Labute approximate surface area is 197 Å². The van der Waals surface area contributed by atoms with Crippen molar-refractivity contribution in [1.29, 1.82) is 0 Å². The number of benzene rings is 2. The summed E-state index contributed by atoms with van der Waals surface area (Å²) >= 11 is 0. The average molecular weight is 462 g/mol. The van der Waals surface area contributed by atoms with E-state index in [0.717, 1.165) is 47.7 Å². The fraction of sp³-hybridized carbons (Fsp3) is 0.393. The van der Waals surface area contributed by atoms with E-state index in [4.69, 9.17) is 4.74 Å². The Balaban J connectivity index is 1.33. The lowest BCUT2D eigenvalue weighted by atomic mass is 9.83. The van der Waals surface area contributed by atoms with Crippen molar-refractivity contribution in [2.24, 2.45) is 11.8 Å². The van der Waals surface area contributed by atoms with Crippen molar-refractivity contribution >= 4 is 28.4 Å². The number of carbonyl (C=O) groups excluding carboxylic acids is 3. The molecule has 2 unspecified atom stereocenters. The van der Waals surface area contributed by atoms with Gasteiger partial charge in [0.2, 0.25) is 0 Å². The third-order valence-electron chi connectivity index (χ3n) is 7.19. The van der Waals surface area contributed by atoms with Crippen molar-refractivity contribution in [2.45, 2.75) is 57.6 Å². The van der Waals surface area contributed by atoms with Crippen molar-refractivity contribution < 1.29 is 23.5 Å². The number of hydrogen-bond donors (Lipinski definition) is 0. The first kappa shape index (κ1) is 22.5. The van der Waals surface area contributed by atoms with E-state index in [0.29, 0.717) is 18.9 Å². The maximum atomic E-state index is 13.3. The van der Waals surface area contributed by atoms with Gasteiger partial charge in [-0.25, -0.2) is 4.39 Å². The van der Waals surface area contributed by atoms with Crippen LogP contribution in [0.15, 0.2) is 54.7 Å². The first-order valence-electron chi connectivity index (χ1n) is 12.1. The van der Waals surface area contributed by atoms with Crippen LogP contribution in [0.3, 0.4) is 0 Å². The third kappa shape index (κ3) is 4.54. The summed E-state index contributed by atoms with van der Waals surface area (Å²) in [5.41, 5.74) is 2.63. The summed E-state index contributed by atoms with van der Waals surface area (Å²) in [5.74, 6) is -2.73. The first-order chi connectivity index (χ1) is 16.5. The average Bonchev–Trinajstić information content (AvgIpc) is 3.32. The molecule has 0 radical (unpaired) electrons. The van der Waals surface area contributed by atoms with Crippen LogP contribution in [-0.2, 0) is 32.1 Å². The summed E-state index contributed by atoms with van der Waals surface area (Å²) in [4.78, 5) is 38.6. The molecule has 2 aliphatic rings. The number of carbonyl (C=O) groups is 3. The SMILES string of the molecule is O=C(Cc1cn(Cc2ccc(F)cc2)c2ccccc12)C1C(=O)OC(CC2CCCCC2)C1=O. The number of halogens is 1. The molecule has 1 aliphatic carbocycles. The number of ketones is 2. The highest BCUT2D eigenvalue weighted by Crippen LogP contribution is 2.32. The smallest absolute Gasteiger partial charge is 0.325 e. The first-order valence-corrected chi connectivity index (χ1v) is 12.1. The van der Waals surface area contributed by atoms with Gasteiger partial charge in [-0.15, -0.1) is 0 Å². The van der Waals surface area contributed by atoms with Crippen LogP contribution in [0.2, 0.25) is 0 Å². The molecular weight excluding hydrogens is 433 g/mol. The van der Waals surface area contributed by atoms with E-state index in [1.54, 1.807) is 12.1 Å². The molecule has 2 atom stereocenters. The molecule has 176 valence electrons. The molecule has 0 amide bonds. The predicted molar refractivity (Wildman–Crippen MR) is 126 cm³/mol. The number of rotatable bonds is 7. The van der Waals surface area contributed by atoms with Crippen molar-refractivity contribution in [3.63, 3.8) is 0 Å². The van der Waals surface area contributed by atoms with Gasteiger partial charge in [0.25, 0.3) is 0 Å². The highest BCUT2D eigenvalue weighted by Gasteiger charge is 2.48. The van der Waals surface area contributed by atoms with E-state index in [9.17, 15) is 18.8 Å². The summed E-state index contributed by atoms with van der Waals surface area (Å²) in [7, 11) is 0. The van der Waals surface area contributed by atoms with E-state index < -0.39 is 23.8 Å². The van der Waals surface area contributed by atoms with Crippen molar-refractivity contribution in [3.05, 3.63) is 71.7 Å². The highest BCUT2D eigenvalue weighted by atomic mass is 19.1. The van der Waals surface area contributed by atoms with E-state index >= 15 is 0 Å². The van der Waals surface area contributed by atoms with E-state index in [1.807, 2.05) is 35.0 Å². The second-order valence-corrected chi connectivity index (χ2v) is 9.57. The zero-order valence-electron chi connectivity index (χ0n) is 19.0. The molecule has 5 nitrogen and oxygen atoms in total. The summed E-state index contributed by atoms with van der Waals surface area (Å²) < 4.78 is 20.7. The van der Waals surface area contributed by atoms with E-state index in [2.05, 4.69) is 0 Å². The van der Waals surface area contributed by atoms with Crippen LogP contribution in [0.1, 0.15) is 49.7 Å². The van der Waals surface area contributed by atoms with Crippen molar-refractivity contribution in [1.82, 2.24) is 4.57 Å². The predicted octanol–water partition coefficient (Wildman–Crippen LogP) is 5.02. The molecule has 2 heterocycles. The quantitative estimate of drug-likeness (QED) is 0.366. The summed E-state index contributed by atoms with van der Waals surface area (Å²) in [6.45, 7) is 0.517. The Hall–Kier alpha value is -3.28. The molecule has 1 saturated carbocycles. The Morgan fingerprint density at radius 1 is 1.00 bits per heavy atom. The van der Waals surface area contributed by atoms with Gasteiger partial charge in [-0.3, -0.25) is 14.4 Å². The number of Topliss-reactive ketones (excluding diaryl/α,β-unsaturated/α-hetero) is 2. The molecule has 6 heteroatoms. The fourth-order valence-electron chi connectivity index (χ4n) is 5.42. The molecule has 34 heavy (non-hydrogen) atoms. The molecule has 1 saturated heterocycles. The second kappa shape index (κ2) is 9.53. The third-order valence-corrected chi connectivity index (χ3v) is 7.19. The molecule has 5 rings (SSSR count). The van der Waals surface area contributed by atoms with Gasteiger partial charge in [0.1, 0.15) is 5.82 Å². The van der Waals surface area contributed by atoms with Crippen molar-refractivity contribution in [3.8, 4) is 0 Å². The van der Waals surface area contributed by atoms with Gasteiger partial charge >= 0.3 is 5.97 Å². The molecule has 1 aromatic heterocycles. The monoisotopic (exact) mass is 461 g/mol. The zero-order valence-corrected chi connectivity index (χ0v) is 19.0. The van der Waals surface area contributed by atoms with Crippen LogP contribution in [-0.4, -0.2) is 28.2 Å².